The minimum atomic E-state index is -0.00861. The summed E-state index contributed by atoms with van der Waals surface area (Å²) in [6, 6.07) is 7.04. The van der Waals surface area contributed by atoms with Gasteiger partial charge in [-0.25, -0.2) is 4.98 Å². The van der Waals surface area contributed by atoms with Gasteiger partial charge in [0, 0.05) is 18.4 Å². The van der Waals surface area contributed by atoms with Crippen molar-refractivity contribution in [2.24, 2.45) is 0 Å². The lowest BCUT2D eigenvalue weighted by atomic mass is 10.1. The summed E-state index contributed by atoms with van der Waals surface area (Å²) in [6.07, 6.45) is 1.63. The molecule has 2 N–H and O–H groups in total. The monoisotopic (exact) mass is 294 g/mol. The Kier molecular flexibility index (Phi) is 4.53. The lowest BCUT2D eigenvalue weighted by Crippen LogP contribution is -2.01. The van der Waals surface area contributed by atoms with Gasteiger partial charge in [-0.15, -0.1) is 0 Å². The normalized spacial score (nSPS) is 10.2. The number of methoxy groups -OCH3 is 2. The second-order valence-electron chi connectivity index (χ2n) is 4.07. The van der Waals surface area contributed by atoms with Gasteiger partial charge in [-0.05, 0) is 29.8 Å². The SMILES string of the molecule is COc1cc(CNc2ccnc(Cl)c2)cc(OC)c1O. The number of phenolic OH excluding ortho intramolecular Hbond substituents is 1. The number of aromatic hydroxyl groups is 1. The van der Waals surface area contributed by atoms with Crippen LogP contribution >= 0.6 is 11.6 Å². The predicted octanol–water partition coefficient (Wildman–Crippen LogP) is 3.07. The summed E-state index contributed by atoms with van der Waals surface area (Å²) in [5.41, 5.74) is 1.76. The Labute approximate surface area is 122 Å². The van der Waals surface area contributed by atoms with E-state index in [1.165, 1.54) is 14.2 Å². The Morgan fingerprint density at radius 1 is 1.20 bits per heavy atom. The molecule has 20 heavy (non-hydrogen) atoms. The maximum Gasteiger partial charge on any atom is 0.200 e. The van der Waals surface area contributed by atoms with Crippen molar-refractivity contribution < 1.29 is 14.6 Å². The smallest absolute Gasteiger partial charge is 0.200 e. The number of nitrogens with one attached hydrogen (secondary N) is 1. The van der Waals surface area contributed by atoms with Crippen LogP contribution in [-0.4, -0.2) is 24.3 Å². The van der Waals surface area contributed by atoms with Gasteiger partial charge in [-0.1, -0.05) is 11.6 Å². The minimum absolute atomic E-state index is 0.00861. The molecule has 0 amide bonds. The fraction of sp³-hybridized carbons (Fsp3) is 0.214. The number of hydrogen-bond acceptors (Lipinski definition) is 5. The van der Waals surface area contributed by atoms with E-state index in [0.29, 0.717) is 23.2 Å². The van der Waals surface area contributed by atoms with Gasteiger partial charge in [-0.2, -0.15) is 0 Å². The summed E-state index contributed by atoms with van der Waals surface area (Å²) >= 11 is 5.82. The molecule has 0 saturated heterocycles. The summed E-state index contributed by atoms with van der Waals surface area (Å²) in [4.78, 5) is 3.91. The van der Waals surface area contributed by atoms with E-state index in [9.17, 15) is 5.11 Å². The molecule has 0 aliphatic carbocycles. The Morgan fingerprint density at radius 2 is 1.85 bits per heavy atom. The molecule has 2 rings (SSSR count). The molecule has 1 heterocycles. The van der Waals surface area contributed by atoms with Gasteiger partial charge in [0.25, 0.3) is 0 Å². The van der Waals surface area contributed by atoms with E-state index in [4.69, 9.17) is 21.1 Å². The standard InChI is InChI=1S/C14H15ClN2O3/c1-19-11-5-9(6-12(20-2)14(11)18)8-17-10-3-4-16-13(15)7-10/h3-7,18H,8H2,1-2H3,(H,16,17). The Hall–Kier alpha value is -2.14. The molecule has 0 radical (unpaired) electrons. The Balaban J connectivity index is 2.17. The van der Waals surface area contributed by atoms with E-state index in [1.807, 2.05) is 6.07 Å². The number of phenols is 1. The van der Waals surface area contributed by atoms with E-state index in [-0.39, 0.29) is 5.75 Å². The van der Waals surface area contributed by atoms with Crippen molar-refractivity contribution in [1.29, 1.82) is 0 Å². The Morgan fingerprint density at radius 3 is 2.40 bits per heavy atom. The molecule has 5 nitrogen and oxygen atoms in total. The van der Waals surface area contributed by atoms with Crippen LogP contribution in [0.3, 0.4) is 0 Å². The molecule has 0 unspecified atom stereocenters. The van der Waals surface area contributed by atoms with Crippen LogP contribution in [0.25, 0.3) is 0 Å². The van der Waals surface area contributed by atoms with Crippen LogP contribution in [0.2, 0.25) is 5.15 Å². The molecule has 0 aliphatic heterocycles. The third kappa shape index (κ3) is 3.24. The molecule has 106 valence electrons. The first kappa shape index (κ1) is 14.3. The van der Waals surface area contributed by atoms with Gasteiger partial charge < -0.3 is 19.9 Å². The molecule has 0 spiro atoms. The number of nitrogens with zero attached hydrogens (tertiary/aromatic N) is 1. The number of anilines is 1. The summed E-state index contributed by atoms with van der Waals surface area (Å²) in [5, 5.41) is 13.5. The first-order valence-electron chi connectivity index (χ1n) is 5.93. The third-order valence-electron chi connectivity index (χ3n) is 2.76. The quantitative estimate of drug-likeness (QED) is 0.830. The van der Waals surface area contributed by atoms with E-state index in [0.717, 1.165) is 11.3 Å². The van der Waals surface area contributed by atoms with Crippen LogP contribution in [0.4, 0.5) is 5.69 Å². The van der Waals surface area contributed by atoms with Gasteiger partial charge in [-0.3, -0.25) is 0 Å². The lowest BCUT2D eigenvalue weighted by molar-refractivity contribution is 0.339. The van der Waals surface area contributed by atoms with E-state index >= 15 is 0 Å². The third-order valence-corrected chi connectivity index (χ3v) is 2.97. The van der Waals surface area contributed by atoms with Crippen molar-refractivity contribution in [2.45, 2.75) is 6.54 Å². The molecular weight excluding hydrogens is 280 g/mol. The van der Waals surface area contributed by atoms with Crippen LogP contribution in [0.15, 0.2) is 30.5 Å². The van der Waals surface area contributed by atoms with Crippen LogP contribution in [0, 0.1) is 0 Å². The molecule has 0 fully saturated rings. The first-order valence-corrected chi connectivity index (χ1v) is 6.31. The zero-order valence-corrected chi connectivity index (χ0v) is 11.9. The van der Waals surface area contributed by atoms with Crippen molar-refractivity contribution >= 4 is 17.3 Å². The molecule has 0 aliphatic rings. The lowest BCUT2D eigenvalue weighted by Gasteiger charge is -2.12. The largest absolute Gasteiger partial charge is 0.502 e. The average Bonchev–Trinajstić information content (AvgIpc) is 2.46. The van der Waals surface area contributed by atoms with Crippen LogP contribution in [0.5, 0.6) is 17.2 Å². The van der Waals surface area contributed by atoms with Crippen molar-refractivity contribution in [3.63, 3.8) is 0 Å². The van der Waals surface area contributed by atoms with E-state index < -0.39 is 0 Å². The van der Waals surface area contributed by atoms with E-state index in [1.54, 1.807) is 24.4 Å². The van der Waals surface area contributed by atoms with E-state index in [2.05, 4.69) is 10.3 Å². The minimum Gasteiger partial charge on any atom is -0.502 e. The number of rotatable bonds is 5. The molecule has 1 aromatic heterocycles. The van der Waals surface area contributed by atoms with Gasteiger partial charge in [0.15, 0.2) is 11.5 Å². The number of aromatic nitrogens is 1. The number of ether oxygens (including phenoxy) is 2. The zero-order chi connectivity index (χ0) is 14.5. The molecule has 2 aromatic rings. The van der Waals surface area contributed by atoms with Crippen molar-refractivity contribution in [2.75, 3.05) is 19.5 Å². The van der Waals surface area contributed by atoms with Crippen molar-refractivity contribution in [3.05, 3.63) is 41.2 Å². The summed E-state index contributed by atoms with van der Waals surface area (Å²) in [6.45, 7) is 0.535. The predicted molar refractivity (Wildman–Crippen MR) is 77.8 cm³/mol. The molecule has 0 bridgehead atoms. The van der Waals surface area contributed by atoms with Crippen LogP contribution in [-0.2, 0) is 6.54 Å². The van der Waals surface area contributed by atoms with Gasteiger partial charge in [0.1, 0.15) is 5.15 Å². The number of halogens is 1. The number of benzene rings is 1. The summed E-state index contributed by atoms with van der Waals surface area (Å²) in [7, 11) is 2.99. The fourth-order valence-electron chi connectivity index (χ4n) is 1.77. The van der Waals surface area contributed by atoms with Crippen molar-refractivity contribution in [3.8, 4) is 17.2 Å². The second-order valence-corrected chi connectivity index (χ2v) is 4.46. The second kappa shape index (κ2) is 6.34. The topological polar surface area (TPSA) is 63.6 Å². The highest BCUT2D eigenvalue weighted by atomic mass is 35.5. The fourth-order valence-corrected chi connectivity index (χ4v) is 1.94. The molecular formula is C14H15ClN2O3. The molecule has 1 aromatic carbocycles. The van der Waals surface area contributed by atoms with Gasteiger partial charge >= 0.3 is 0 Å². The summed E-state index contributed by atoms with van der Waals surface area (Å²) in [5.74, 6) is 0.730. The molecule has 0 saturated carbocycles. The van der Waals surface area contributed by atoms with Gasteiger partial charge in [0.2, 0.25) is 5.75 Å². The Bertz CT molecular complexity index is 580. The highest BCUT2D eigenvalue weighted by Gasteiger charge is 2.11. The number of pyridine rings is 1. The summed E-state index contributed by atoms with van der Waals surface area (Å²) < 4.78 is 10.2. The van der Waals surface area contributed by atoms with Crippen LogP contribution in [0.1, 0.15) is 5.56 Å². The van der Waals surface area contributed by atoms with Crippen molar-refractivity contribution in [1.82, 2.24) is 4.98 Å². The molecule has 0 atom stereocenters. The van der Waals surface area contributed by atoms with Crippen LogP contribution < -0.4 is 14.8 Å². The maximum absolute atomic E-state index is 9.84. The average molecular weight is 295 g/mol. The highest BCUT2D eigenvalue weighted by molar-refractivity contribution is 6.29. The zero-order valence-electron chi connectivity index (χ0n) is 11.2. The number of hydrogen-bond donors (Lipinski definition) is 2. The van der Waals surface area contributed by atoms with Gasteiger partial charge in [0.05, 0.1) is 14.2 Å². The maximum atomic E-state index is 9.84. The first-order chi connectivity index (χ1) is 9.63. The highest BCUT2D eigenvalue weighted by Crippen LogP contribution is 2.37. The molecule has 6 heteroatoms.